The second-order valence-electron chi connectivity index (χ2n) is 7.18. The van der Waals surface area contributed by atoms with Crippen molar-refractivity contribution in [2.24, 2.45) is 0 Å². The Morgan fingerprint density at radius 2 is 1.77 bits per heavy atom. The average Bonchev–Trinajstić information content (AvgIpc) is 2.77. The molecule has 0 atom stereocenters. The molecule has 3 rings (SSSR count). The lowest BCUT2D eigenvalue weighted by atomic mass is 10.1. The first-order chi connectivity index (χ1) is 14.8. The molecule has 0 aromatic heterocycles. The Kier molecular flexibility index (Phi) is 7.21. The minimum Gasteiger partial charge on any atom is -0.379 e. The molecule has 2 amide bonds. The van der Waals surface area contributed by atoms with Gasteiger partial charge in [0.05, 0.1) is 18.1 Å². The van der Waals surface area contributed by atoms with Crippen molar-refractivity contribution in [3.05, 3.63) is 70.8 Å². The number of carbonyl (C=O) groups is 2. The van der Waals surface area contributed by atoms with Crippen molar-refractivity contribution in [1.29, 1.82) is 0 Å². The lowest BCUT2D eigenvalue weighted by Gasteiger charge is -2.26. The number of hydrazine groups is 1. The van der Waals surface area contributed by atoms with Crippen LogP contribution in [0.15, 0.2) is 53.4 Å². The van der Waals surface area contributed by atoms with Crippen molar-refractivity contribution in [3.63, 3.8) is 0 Å². The van der Waals surface area contributed by atoms with Crippen LogP contribution in [0.5, 0.6) is 0 Å². The Labute approximate surface area is 181 Å². The normalized spacial score (nSPS) is 15.0. The van der Waals surface area contributed by atoms with Gasteiger partial charge in [0, 0.05) is 24.7 Å². The maximum Gasteiger partial charge on any atom is 0.269 e. The van der Waals surface area contributed by atoms with Gasteiger partial charge in [0.2, 0.25) is 10.0 Å². The van der Waals surface area contributed by atoms with E-state index in [0.29, 0.717) is 13.2 Å². The van der Waals surface area contributed by atoms with Gasteiger partial charge < -0.3 is 4.74 Å². The zero-order valence-corrected chi connectivity index (χ0v) is 18.2. The Hall–Kier alpha value is -3.01. The minimum atomic E-state index is -3.72. The molecule has 1 heterocycles. The van der Waals surface area contributed by atoms with Crippen LogP contribution >= 0.6 is 0 Å². The van der Waals surface area contributed by atoms with E-state index >= 15 is 0 Å². The minimum absolute atomic E-state index is 0.0168. The van der Waals surface area contributed by atoms with Gasteiger partial charge in [-0.2, -0.15) is 4.31 Å². The SMILES string of the molecule is Cc1ccc(/C=C/C(=O)NNC(=O)c2cccc(S(=O)(=O)N3CCOCC3)c2)c(C)c1. The summed E-state index contributed by atoms with van der Waals surface area (Å²) in [4.78, 5) is 24.4. The molecule has 1 fully saturated rings. The average molecular weight is 444 g/mol. The Morgan fingerprint density at radius 3 is 2.48 bits per heavy atom. The maximum absolute atomic E-state index is 12.8. The van der Waals surface area contributed by atoms with E-state index in [-0.39, 0.29) is 23.5 Å². The summed E-state index contributed by atoms with van der Waals surface area (Å²) in [6.45, 7) is 5.14. The summed E-state index contributed by atoms with van der Waals surface area (Å²) in [7, 11) is -3.72. The van der Waals surface area contributed by atoms with Gasteiger partial charge in [-0.3, -0.25) is 20.4 Å². The number of nitrogens with one attached hydrogen (secondary N) is 2. The van der Waals surface area contributed by atoms with E-state index in [0.717, 1.165) is 16.7 Å². The second kappa shape index (κ2) is 9.86. The second-order valence-corrected chi connectivity index (χ2v) is 9.12. The number of morpholine rings is 1. The standard InChI is InChI=1S/C22H25N3O5S/c1-16-6-7-18(17(2)14-16)8-9-21(26)23-24-22(27)19-4-3-5-20(15-19)31(28,29)25-10-12-30-13-11-25/h3-9,14-15H,10-13H2,1-2H3,(H,23,26)(H,24,27)/b9-8+. The third kappa shape index (κ3) is 5.78. The third-order valence-corrected chi connectivity index (χ3v) is 6.74. The number of carbonyl (C=O) groups excluding carboxylic acids is 2. The number of amides is 2. The number of hydrogen-bond acceptors (Lipinski definition) is 5. The Balaban J connectivity index is 1.62. The van der Waals surface area contributed by atoms with Crippen molar-refractivity contribution in [1.82, 2.24) is 15.2 Å². The quantitative estimate of drug-likeness (QED) is 0.542. The van der Waals surface area contributed by atoms with Crippen molar-refractivity contribution in [3.8, 4) is 0 Å². The molecule has 164 valence electrons. The Bertz CT molecular complexity index is 1110. The highest BCUT2D eigenvalue weighted by Crippen LogP contribution is 2.18. The van der Waals surface area contributed by atoms with Crippen LogP contribution in [0.2, 0.25) is 0 Å². The van der Waals surface area contributed by atoms with Crippen molar-refractivity contribution < 1.29 is 22.7 Å². The molecule has 1 aliphatic rings. The predicted molar refractivity (Wildman–Crippen MR) is 117 cm³/mol. The van der Waals surface area contributed by atoms with Crippen LogP contribution in [0.1, 0.15) is 27.0 Å². The lowest BCUT2D eigenvalue weighted by Crippen LogP contribution is -2.41. The van der Waals surface area contributed by atoms with Crippen LogP contribution in [0.3, 0.4) is 0 Å². The molecule has 8 nitrogen and oxygen atoms in total. The summed E-state index contributed by atoms with van der Waals surface area (Å²) < 4.78 is 32.0. The first-order valence-electron chi connectivity index (χ1n) is 9.81. The van der Waals surface area contributed by atoms with E-state index in [2.05, 4.69) is 10.9 Å². The molecule has 0 unspecified atom stereocenters. The van der Waals surface area contributed by atoms with Crippen molar-refractivity contribution in [2.45, 2.75) is 18.7 Å². The molecular formula is C22H25N3O5S. The molecule has 2 aromatic rings. The molecule has 1 saturated heterocycles. The van der Waals surface area contributed by atoms with Gasteiger partial charge in [-0.05, 0) is 49.2 Å². The zero-order chi connectivity index (χ0) is 22.4. The number of nitrogens with zero attached hydrogens (tertiary/aromatic N) is 1. The van der Waals surface area contributed by atoms with Crippen LogP contribution in [0, 0.1) is 13.8 Å². The van der Waals surface area contributed by atoms with Gasteiger partial charge in [-0.15, -0.1) is 0 Å². The molecule has 0 spiro atoms. The largest absolute Gasteiger partial charge is 0.379 e. The van der Waals surface area contributed by atoms with Gasteiger partial charge in [0.15, 0.2) is 0 Å². The van der Waals surface area contributed by atoms with Crippen molar-refractivity contribution >= 4 is 27.9 Å². The van der Waals surface area contributed by atoms with E-state index in [9.17, 15) is 18.0 Å². The first-order valence-corrected chi connectivity index (χ1v) is 11.2. The van der Waals surface area contributed by atoms with Crippen molar-refractivity contribution in [2.75, 3.05) is 26.3 Å². The monoisotopic (exact) mass is 443 g/mol. The predicted octanol–water partition coefficient (Wildman–Crippen LogP) is 1.80. The first kappa shape index (κ1) is 22.7. The molecule has 0 aliphatic carbocycles. The number of ether oxygens (including phenoxy) is 1. The van der Waals surface area contributed by atoms with Gasteiger partial charge in [-0.1, -0.05) is 29.8 Å². The van der Waals surface area contributed by atoms with E-state index < -0.39 is 21.8 Å². The molecular weight excluding hydrogens is 418 g/mol. The van der Waals surface area contributed by atoms with E-state index in [1.165, 1.54) is 34.6 Å². The van der Waals surface area contributed by atoms with Crippen LogP contribution in [-0.4, -0.2) is 50.8 Å². The topological polar surface area (TPSA) is 105 Å². The van der Waals surface area contributed by atoms with Crippen LogP contribution < -0.4 is 10.9 Å². The molecule has 0 radical (unpaired) electrons. The fourth-order valence-corrected chi connectivity index (χ4v) is 4.60. The maximum atomic E-state index is 12.8. The molecule has 0 bridgehead atoms. The van der Waals surface area contributed by atoms with E-state index in [1.807, 2.05) is 32.0 Å². The fourth-order valence-electron chi connectivity index (χ4n) is 3.14. The fraction of sp³-hybridized carbons (Fsp3) is 0.273. The van der Waals surface area contributed by atoms with Gasteiger partial charge in [0.25, 0.3) is 11.8 Å². The summed E-state index contributed by atoms with van der Waals surface area (Å²) in [6, 6.07) is 11.6. The van der Waals surface area contributed by atoms with Gasteiger partial charge >= 0.3 is 0 Å². The molecule has 0 saturated carbocycles. The summed E-state index contributed by atoms with van der Waals surface area (Å²) in [5.74, 6) is -1.13. The molecule has 2 aromatic carbocycles. The van der Waals surface area contributed by atoms with Crippen LogP contribution in [-0.2, 0) is 19.6 Å². The van der Waals surface area contributed by atoms with Crippen LogP contribution in [0.4, 0.5) is 0 Å². The number of rotatable bonds is 5. The van der Waals surface area contributed by atoms with Crippen LogP contribution in [0.25, 0.3) is 6.08 Å². The summed E-state index contributed by atoms with van der Waals surface area (Å²) >= 11 is 0. The van der Waals surface area contributed by atoms with Gasteiger partial charge in [-0.25, -0.2) is 8.42 Å². The molecule has 9 heteroatoms. The van der Waals surface area contributed by atoms with E-state index in [1.54, 1.807) is 6.08 Å². The number of aryl methyl sites for hydroxylation is 2. The highest BCUT2D eigenvalue weighted by molar-refractivity contribution is 7.89. The third-order valence-electron chi connectivity index (χ3n) is 4.84. The number of hydrogen-bond donors (Lipinski definition) is 2. The summed E-state index contributed by atoms with van der Waals surface area (Å²) in [5.41, 5.74) is 7.78. The number of sulfonamides is 1. The zero-order valence-electron chi connectivity index (χ0n) is 17.4. The molecule has 1 aliphatic heterocycles. The number of benzene rings is 2. The molecule has 31 heavy (non-hydrogen) atoms. The highest BCUT2D eigenvalue weighted by Gasteiger charge is 2.26. The summed E-state index contributed by atoms with van der Waals surface area (Å²) in [5, 5.41) is 0. The molecule has 2 N–H and O–H groups in total. The highest BCUT2D eigenvalue weighted by atomic mass is 32.2. The Morgan fingerprint density at radius 1 is 1.03 bits per heavy atom. The van der Waals surface area contributed by atoms with E-state index in [4.69, 9.17) is 4.74 Å². The smallest absolute Gasteiger partial charge is 0.269 e. The van der Waals surface area contributed by atoms with Gasteiger partial charge in [0.1, 0.15) is 0 Å². The lowest BCUT2D eigenvalue weighted by molar-refractivity contribution is -0.117. The summed E-state index contributed by atoms with van der Waals surface area (Å²) in [6.07, 6.45) is 2.98.